The highest BCUT2D eigenvalue weighted by molar-refractivity contribution is 7.86. The molecule has 0 atom stereocenters. The third-order valence-electron chi connectivity index (χ3n) is 1.20. The van der Waals surface area contributed by atoms with Crippen molar-refractivity contribution in [2.24, 2.45) is 0 Å². The van der Waals surface area contributed by atoms with E-state index in [0.717, 1.165) is 0 Å². The molecule has 14 heavy (non-hydrogen) atoms. The Morgan fingerprint density at radius 3 is 1.64 bits per heavy atom. The molecule has 0 unspecified atom stereocenters. The molecule has 86 valence electrons. The van der Waals surface area contributed by atoms with Crippen LogP contribution in [-0.2, 0) is 25.0 Å². The summed E-state index contributed by atoms with van der Waals surface area (Å²) in [7, 11) is -8.64. The maximum Gasteiger partial charge on any atom is 0.267 e. The van der Waals surface area contributed by atoms with Gasteiger partial charge < -0.3 is 4.74 Å². The average molecular weight is 248 g/mol. The lowest BCUT2D eigenvalue weighted by atomic mass is 10.5. The van der Waals surface area contributed by atoms with Crippen LogP contribution < -0.4 is 0 Å². The molecule has 0 saturated heterocycles. The lowest BCUT2D eigenvalue weighted by Gasteiger charge is -2.12. The van der Waals surface area contributed by atoms with Gasteiger partial charge in [-0.25, -0.2) is 0 Å². The molecule has 2 N–H and O–H groups in total. The Kier molecular flexibility index (Phi) is 4.95. The van der Waals surface area contributed by atoms with Crippen LogP contribution in [0, 0.1) is 0 Å². The van der Waals surface area contributed by atoms with Gasteiger partial charge in [0.15, 0.2) is 0 Å². The van der Waals surface area contributed by atoms with Gasteiger partial charge in [0.1, 0.15) is 11.5 Å². The third kappa shape index (κ3) is 8.38. The summed E-state index contributed by atoms with van der Waals surface area (Å²) in [6, 6.07) is 0. The van der Waals surface area contributed by atoms with Crippen LogP contribution in [-0.4, -0.2) is 50.2 Å². The van der Waals surface area contributed by atoms with E-state index < -0.39 is 37.8 Å². The molecule has 0 fully saturated rings. The van der Waals surface area contributed by atoms with E-state index in [4.69, 9.17) is 13.8 Å². The predicted octanol–water partition coefficient (Wildman–Crippen LogP) is -0.833. The summed E-state index contributed by atoms with van der Waals surface area (Å²) in [5.41, 5.74) is 0. The Hall–Kier alpha value is -0.220. The molecule has 0 aliphatic carbocycles. The van der Waals surface area contributed by atoms with Gasteiger partial charge in [-0.2, -0.15) is 16.8 Å². The average Bonchev–Trinajstić information content (AvgIpc) is 1.78. The van der Waals surface area contributed by atoms with Crippen molar-refractivity contribution < 1.29 is 30.7 Å². The lowest BCUT2D eigenvalue weighted by Crippen LogP contribution is -2.31. The zero-order chi connectivity index (χ0) is 11.4. The molecule has 0 rings (SSSR count). The lowest BCUT2D eigenvalue weighted by molar-refractivity contribution is 0.0918. The smallest absolute Gasteiger partial charge is 0.267 e. The molecule has 0 aromatic carbocycles. The SMILES string of the molecule is CCOC(CS(=O)(=O)O)CS(=O)(=O)O. The van der Waals surface area contributed by atoms with E-state index in [2.05, 4.69) is 0 Å². The number of hydrogen-bond acceptors (Lipinski definition) is 5. The molecular weight excluding hydrogens is 236 g/mol. The summed E-state index contributed by atoms with van der Waals surface area (Å²) in [5.74, 6) is -1.72. The van der Waals surface area contributed by atoms with Gasteiger partial charge in [-0.15, -0.1) is 0 Å². The highest BCUT2D eigenvalue weighted by Crippen LogP contribution is 2.00. The predicted molar refractivity (Wildman–Crippen MR) is 48.2 cm³/mol. The summed E-state index contributed by atoms with van der Waals surface area (Å²) in [4.78, 5) is 0. The van der Waals surface area contributed by atoms with Crippen molar-refractivity contribution in [3.05, 3.63) is 0 Å². The summed E-state index contributed by atoms with van der Waals surface area (Å²) >= 11 is 0. The molecule has 0 saturated carbocycles. The highest BCUT2D eigenvalue weighted by atomic mass is 32.2. The first-order valence-electron chi connectivity index (χ1n) is 3.66. The second-order valence-electron chi connectivity index (χ2n) is 2.57. The number of ether oxygens (including phenoxy) is 1. The van der Waals surface area contributed by atoms with Gasteiger partial charge in [-0.1, -0.05) is 0 Å². The molecular formula is C5H12O7S2. The Balaban J connectivity index is 4.46. The van der Waals surface area contributed by atoms with Crippen molar-refractivity contribution in [2.75, 3.05) is 18.1 Å². The monoisotopic (exact) mass is 248 g/mol. The Morgan fingerprint density at radius 1 is 1.07 bits per heavy atom. The fraction of sp³-hybridized carbons (Fsp3) is 1.00. The minimum Gasteiger partial charge on any atom is -0.376 e. The Labute approximate surface area is 82.6 Å². The van der Waals surface area contributed by atoms with E-state index in [1.165, 1.54) is 6.92 Å². The Morgan fingerprint density at radius 2 is 1.43 bits per heavy atom. The van der Waals surface area contributed by atoms with E-state index in [9.17, 15) is 16.8 Å². The van der Waals surface area contributed by atoms with Crippen molar-refractivity contribution >= 4 is 20.2 Å². The molecule has 9 heteroatoms. The first-order chi connectivity index (χ1) is 6.14. The van der Waals surface area contributed by atoms with E-state index >= 15 is 0 Å². The van der Waals surface area contributed by atoms with Crippen LogP contribution in [0.25, 0.3) is 0 Å². The molecule has 0 heterocycles. The van der Waals surface area contributed by atoms with Crippen LogP contribution in [0.3, 0.4) is 0 Å². The van der Waals surface area contributed by atoms with Gasteiger partial charge in [-0.3, -0.25) is 9.11 Å². The van der Waals surface area contributed by atoms with Crippen molar-refractivity contribution in [3.8, 4) is 0 Å². The number of hydrogen-bond donors (Lipinski definition) is 2. The summed E-state index contributed by atoms with van der Waals surface area (Å²) in [6.07, 6.45) is -1.26. The van der Waals surface area contributed by atoms with Gasteiger partial charge in [0.2, 0.25) is 0 Å². The van der Waals surface area contributed by atoms with Gasteiger partial charge in [0, 0.05) is 6.61 Å². The van der Waals surface area contributed by atoms with E-state index in [0.29, 0.717) is 0 Å². The molecule has 0 bridgehead atoms. The van der Waals surface area contributed by atoms with Gasteiger partial charge in [-0.05, 0) is 6.92 Å². The topological polar surface area (TPSA) is 118 Å². The van der Waals surface area contributed by atoms with Crippen LogP contribution in [0.15, 0.2) is 0 Å². The fourth-order valence-electron chi connectivity index (χ4n) is 0.850. The molecule has 7 nitrogen and oxygen atoms in total. The standard InChI is InChI=1S/C5H12O7S2/c1-2-12-5(3-13(6,7)8)4-14(9,10)11/h5H,2-4H2,1H3,(H,6,7,8)(H,9,10,11). The molecule has 0 aromatic rings. The van der Waals surface area contributed by atoms with Crippen LogP contribution in [0.4, 0.5) is 0 Å². The summed E-state index contributed by atoms with van der Waals surface area (Å²) < 4.78 is 63.2. The molecule has 0 aliphatic heterocycles. The normalized spacial score (nSPS) is 13.4. The minimum absolute atomic E-state index is 0.0791. The van der Waals surface area contributed by atoms with Crippen LogP contribution in [0.1, 0.15) is 6.92 Å². The quantitative estimate of drug-likeness (QED) is 0.589. The zero-order valence-corrected chi connectivity index (χ0v) is 9.08. The second-order valence-corrected chi connectivity index (χ2v) is 5.57. The third-order valence-corrected chi connectivity index (χ3v) is 2.78. The minimum atomic E-state index is -4.32. The van der Waals surface area contributed by atoms with E-state index in [1.54, 1.807) is 0 Å². The highest BCUT2D eigenvalue weighted by Gasteiger charge is 2.22. The van der Waals surface area contributed by atoms with Crippen LogP contribution >= 0.6 is 0 Å². The van der Waals surface area contributed by atoms with Crippen molar-refractivity contribution in [1.82, 2.24) is 0 Å². The molecule has 0 aliphatic rings. The second kappa shape index (κ2) is 5.03. The van der Waals surface area contributed by atoms with Crippen molar-refractivity contribution in [1.29, 1.82) is 0 Å². The maximum atomic E-state index is 10.4. The fourth-order valence-corrected chi connectivity index (χ4v) is 2.37. The largest absolute Gasteiger partial charge is 0.376 e. The Bertz CT molecular complexity index is 320. The maximum absolute atomic E-state index is 10.4. The zero-order valence-electron chi connectivity index (χ0n) is 7.45. The number of rotatable bonds is 6. The van der Waals surface area contributed by atoms with Crippen LogP contribution in [0.2, 0.25) is 0 Å². The van der Waals surface area contributed by atoms with Crippen molar-refractivity contribution in [3.63, 3.8) is 0 Å². The van der Waals surface area contributed by atoms with Gasteiger partial charge in [0.05, 0.1) is 6.10 Å². The summed E-state index contributed by atoms with van der Waals surface area (Å²) in [6.45, 7) is 1.61. The molecule has 0 radical (unpaired) electrons. The molecule has 0 aromatic heterocycles. The molecule has 0 spiro atoms. The molecule has 0 amide bonds. The summed E-state index contributed by atoms with van der Waals surface area (Å²) in [5, 5.41) is 0. The van der Waals surface area contributed by atoms with Gasteiger partial charge >= 0.3 is 0 Å². The van der Waals surface area contributed by atoms with E-state index in [1.807, 2.05) is 0 Å². The van der Waals surface area contributed by atoms with Gasteiger partial charge in [0.25, 0.3) is 20.2 Å². The van der Waals surface area contributed by atoms with Crippen molar-refractivity contribution in [2.45, 2.75) is 13.0 Å². The van der Waals surface area contributed by atoms with E-state index in [-0.39, 0.29) is 6.61 Å². The first-order valence-corrected chi connectivity index (χ1v) is 6.88. The first kappa shape index (κ1) is 13.8. The van der Waals surface area contributed by atoms with Crippen LogP contribution in [0.5, 0.6) is 0 Å².